The van der Waals surface area contributed by atoms with E-state index in [0.717, 1.165) is 12.3 Å². The summed E-state index contributed by atoms with van der Waals surface area (Å²) < 4.78 is 0. The highest BCUT2D eigenvalue weighted by Gasteiger charge is 2.32. The van der Waals surface area contributed by atoms with E-state index >= 15 is 0 Å². The van der Waals surface area contributed by atoms with Gasteiger partial charge in [0, 0.05) is 0 Å². The summed E-state index contributed by atoms with van der Waals surface area (Å²) in [5.74, 6) is 2.04. The Bertz CT molecular complexity index is 209. The summed E-state index contributed by atoms with van der Waals surface area (Å²) in [5, 5.41) is 10.0. The van der Waals surface area contributed by atoms with Gasteiger partial charge in [0.1, 0.15) is 0 Å². The second-order valence-corrected chi connectivity index (χ2v) is 5.17. The first kappa shape index (κ1) is 10.2. The molecule has 2 aliphatic carbocycles. The van der Waals surface area contributed by atoms with E-state index in [-0.39, 0.29) is 6.10 Å². The average molecular weight is 194 g/mol. The minimum atomic E-state index is -0.0288. The number of aliphatic hydroxyl groups is 1. The summed E-state index contributed by atoms with van der Waals surface area (Å²) >= 11 is 0. The Morgan fingerprint density at radius 1 is 1.21 bits per heavy atom. The summed E-state index contributed by atoms with van der Waals surface area (Å²) in [5.41, 5.74) is 0. The molecule has 1 N–H and O–H groups in total. The highest BCUT2D eigenvalue weighted by atomic mass is 16.3. The lowest BCUT2D eigenvalue weighted by Gasteiger charge is -2.37. The third-order valence-electron chi connectivity index (χ3n) is 3.97. The van der Waals surface area contributed by atoms with Crippen molar-refractivity contribution < 1.29 is 5.11 Å². The third-order valence-corrected chi connectivity index (χ3v) is 3.97. The molecule has 1 fully saturated rings. The fraction of sp³-hybridized carbons (Fsp3) is 0.846. The van der Waals surface area contributed by atoms with Gasteiger partial charge in [-0.05, 0) is 56.3 Å². The number of rotatable bonds is 1. The van der Waals surface area contributed by atoms with E-state index in [2.05, 4.69) is 19.1 Å². The van der Waals surface area contributed by atoms with Crippen LogP contribution in [0.25, 0.3) is 0 Å². The smallest absolute Gasteiger partial charge is 0.0574 e. The van der Waals surface area contributed by atoms with Crippen LogP contribution in [0.2, 0.25) is 0 Å². The molecule has 0 radical (unpaired) electrons. The van der Waals surface area contributed by atoms with E-state index in [0.29, 0.717) is 11.8 Å². The zero-order valence-corrected chi connectivity index (χ0v) is 9.15. The molecule has 14 heavy (non-hydrogen) atoms. The topological polar surface area (TPSA) is 20.2 Å². The Labute approximate surface area is 87.2 Å². The van der Waals surface area contributed by atoms with Gasteiger partial charge >= 0.3 is 0 Å². The fourth-order valence-electron chi connectivity index (χ4n) is 3.06. The molecule has 0 aliphatic heterocycles. The van der Waals surface area contributed by atoms with Crippen LogP contribution in [0.1, 0.15) is 45.4 Å². The lowest BCUT2D eigenvalue weighted by atomic mass is 9.71. The Morgan fingerprint density at radius 2 is 2.07 bits per heavy atom. The van der Waals surface area contributed by atoms with Crippen molar-refractivity contribution in [3.8, 4) is 0 Å². The highest BCUT2D eigenvalue weighted by Crippen LogP contribution is 2.37. The molecule has 0 aromatic rings. The van der Waals surface area contributed by atoms with Crippen LogP contribution in [0.4, 0.5) is 0 Å². The van der Waals surface area contributed by atoms with Gasteiger partial charge in [0.25, 0.3) is 0 Å². The molecule has 2 rings (SSSR count). The van der Waals surface area contributed by atoms with Crippen LogP contribution in [0.5, 0.6) is 0 Å². The summed E-state index contributed by atoms with van der Waals surface area (Å²) in [6.45, 7) is 2.32. The minimum Gasteiger partial charge on any atom is -0.393 e. The van der Waals surface area contributed by atoms with Crippen molar-refractivity contribution in [2.75, 3.05) is 0 Å². The molecule has 0 spiro atoms. The zero-order valence-electron chi connectivity index (χ0n) is 9.15. The molecule has 0 bridgehead atoms. The highest BCUT2D eigenvalue weighted by molar-refractivity contribution is 4.98. The normalized spacial score (nSPS) is 43.9. The van der Waals surface area contributed by atoms with E-state index in [9.17, 15) is 5.11 Å². The molecule has 80 valence electrons. The molecule has 0 saturated heterocycles. The quantitative estimate of drug-likeness (QED) is 0.636. The first-order valence-electron chi connectivity index (χ1n) is 6.12. The second-order valence-electron chi connectivity index (χ2n) is 5.17. The molecule has 0 aromatic heterocycles. The van der Waals surface area contributed by atoms with Gasteiger partial charge in [0.05, 0.1) is 6.10 Å². The van der Waals surface area contributed by atoms with E-state index in [4.69, 9.17) is 0 Å². The van der Waals surface area contributed by atoms with Gasteiger partial charge in [0.15, 0.2) is 0 Å². The molecule has 4 atom stereocenters. The molecule has 0 amide bonds. The van der Waals surface area contributed by atoms with Gasteiger partial charge in [-0.2, -0.15) is 0 Å². The maximum atomic E-state index is 10.0. The van der Waals surface area contributed by atoms with Crippen LogP contribution in [0, 0.1) is 17.8 Å². The summed E-state index contributed by atoms with van der Waals surface area (Å²) in [6.07, 6.45) is 12.0. The van der Waals surface area contributed by atoms with Crippen molar-refractivity contribution in [3.63, 3.8) is 0 Å². The number of hydrogen-bond donors (Lipinski definition) is 1. The van der Waals surface area contributed by atoms with Crippen LogP contribution in [-0.4, -0.2) is 11.2 Å². The molecule has 2 aliphatic rings. The number of aliphatic hydroxyl groups excluding tert-OH is 1. The van der Waals surface area contributed by atoms with E-state index < -0.39 is 0 Å². The van der Waals surface area contributed by atoms with Gasteiger partial charge in [-0.1, -0.05) is 19.1 Å². The lowest BCUT2D eigenvalue weighted by Crippen LogP contribution is -2.33. The van der Waals surface area contributed by atoms with Crippen LogP contribution in [0.15, 0.2) is 12.2 Å². The Hall–Kier alpha value is -0.300. The van der Waals surface area contributed by atoms with Crippen molar-refractivity contribution in [1.29, 1.82) is 0 Å². The van der Waals surface area contributed by atoms with Gasteiger partial charge in [0.2, 0.25) is 0 Å². The minimum absolute atomic E-state index is 0.0288. The summed E-state index contributed by atoms with van der Waals surface area (Å²) in [6, 6.07) is 0. The maximum Gasteiger partial charge on any atom is 0.0574 e. The predicted octanol–water partition coefficient (Wildman–Crippen LogP) is 3.14. The summed E-state index contributed by atoms with van der Waals surface area (Å²) in [4.78, 5) is 0. The van der Waals surface area contributed by atoms with Gasteiger partial charge in [-0.3, -0.25) is 0 Å². The summed E-state index contributed by atoms with van der Waals surface area (Å²) in [7, 11) is 0. The molecule has 1 nitrogen and oxygen atoms in total. The Balaban J connectivity index is 1.99. The van der Waals surface area contributed by atoms with E-state index in [1.54, 1.807) is 0 Å². The first-order chi connectivity index (χ1) is 6.77. The van der Waals surface area contributed by atoms with Crippen LogP contribution in [0.3, 0.4) is 0 Å². The standard InChI is InChI=1S/C13H22O/c1-10-7-8-13(14)12(9-10)11-5-3-2-4-6-11/h3,5,10-14H,2,4,6-9H2,1H3. The van der Waals surface area contributed by atoms with Crippen LogP contribution < -0.4 is 0 Å². The fourth-order valence-corrected chi connectivity index (χ4v) is 3.06. The van der Waals surface area contributed by atoms with Crippen molar-refractivity contribution in [2.45, 2.75) is 51.6 Å². The van der Waals surface area contributed by atoms with Gasteiger partial charge in [-0.25, -0.2) is 0 Å². The number of hydrogen-bond acceptors (Lipinski definition) is 1. The zero-order chi connectivity index (χ0) is 9.97. The molecule has 4 unspecified atom stereocenters. The lowest BCUT2D eigenvalue weighted by molar-refractivity contribution is 0.0275. The second kappa shape index (κ2) is 4.48. The van der Waals surface area contributed by atoms with Crippen molar-refractivity contribution in [1.82, 2.24) is 0 Å². The maximum absolute atomic E-state index is 10.0. The Kier molecular flexibility index (Phi) is 3.27. The van der Waals surface area contributed by atoms with Crippen molar-refractivity contribution in [2.24, 2.45) is 17.8 Å². The third kappa shape index (κ3) is 2.20. The largest absolute Gasteiger partial charge is 0.393 e. The van der Waals surface area contributed by atoms with Crippen LogP contribution >= 0.6 is 0 Å². The SMILES string of the molecule is CC1CCC(O)C(C2C=CCCC2)C1. The van der Waals surface area contributed by atoms with E-state index in [1.807, 2.05) is 0 Å². The number of allylic oxidation sites excluding steroid dienone is 2. The van der Waals surface area contributed by atoms with Crippen molar-refractivity contribution >= 4 is 0 Å². The Morgan fingerprint density at radius 3 is 2.79 bits per heavy atom. The molecular formula is C13H22O. The molecular weight excluding hydrogens is 172 g/mol. The first-order valence-corrected chi connectivity index (χ1v) is 6.12. The monoisotopic (exact) mass is 194 g/mol. The molecule has 1 saturated carbocycles. The van der Waals surface area contributed by atoms with E-state index in [1.165, 1.54) is 32.1 Å². The predicted molar refractivity (Wildman–Crippen MR) is 59.0 cm³/mol. The van der Waals surface area contributed by atoms with Crippen molar-refractivity contribution in [3.05, 3.63) is 12.2 Å². The molecule has 0 aromatic carbocycles. The molecule has 0 heterocycles. The van der Waals surface area contributed by atoms with Crippen LogP contribution in [-0.2, 0) is 0 Å². The molecule has 1 heteroatoms. The average Bonchev–Trinajstić information content (AvgIpc) is 2.23. The van der Waals surface area contributed by atoms with Gasteiger partial charge < -0.3 is 5.11 Å². The van der Waals surface area contributed by atoms with Gasteiger partial charge in [-0.15, -0.1) is 0 Å².